The molecule has 11 rings (SSSR count). The zero-order valence-electron chi connectivity index (χ0n) is 37.9. The number of hydrogen-bond acceptors (Lipinski definition) is 14. The summed E-state index contributed by atoms with van der Waals surface area (Å²) < 4.78 is 22.4. The number of pyridine rings is 1. The molecule has 348 valence electrons. The molecule has 2 saturated heterocycles. The van der Waals surface area contributed by atoms with Gasteiger partial charge >= 0.3 is 5.97 Å². The number of carboxylic acid groups (broad SMARTS) is 1. The Kier molecular flexibility index (Phi) is 12.0. The number of benzene rings is 3. The molecular weight excluding hydrogens is 869 g/mol. The predicted molar refractivity (Wildman–Crippen MR) is 244 cm³/mol. The number of amides is 2. The summed E-state index contributed by atoms with van der Waals surface area (Å²) in [6.45, 7) is 3.80. The molecule has 2 aliphatic heterocycles. The minimum Gasteiger partial charge on any atom is -0.490 e. The van der Waals surface area contributed by atoms with Gasteiger partial charge in [-0.05, 0) is 97.9 Å². The second-order valence-corrected chi connectivity index (χ2v) is 18.3. The van der Waals surface area contributed by atoms with Crippen LogP contribution in [0.1, 0.15) is 104 Å². The van der Waals surface area contributed by atoms with Gasteiger partial charge in [-0.25, -0.2) is 4.98 Å². The fourth-order valence-electron chi connectivity index (χ4n) is 11.0. The van der Waals surface area contributed by atoms with Crippen LogP contribution in [-0.4, -0.2) is 96.0 Å². The average molecular weight is 919 g/mol. The first-order valence-electron chi connectivity index (χ1n) is 23.1. The van der Waals surface area contributed by atoms with Crippen molar-refractivity contribution in [1.29, 1.82) is 5.26 Å². The number of fused-ring (bicyclic) bond motifs is 6. The molecule has 5 heterocycles. The second-order valence-electron chi connectivity index (χ2n) is 18.3. The standard InChI is InChI=1S/C26H28N4O4.C25H22N4O5/c1-33-22-13-17(12-21(27-22)15-5-2-3-6-15)26-28-25(29-34-26)19-8-4-7-18-20(19)11-16-14-23(32)30(9-10-31)24(16)18;1-13(2)33-20-7-6-14(8-16(20)11-26)25-27-24(28-34-25)18-5-3-4-17-19(18)9-15-10-21(30)29(23(15)17)12-22(31)32/h4,7-8,12-13,15-16,24,31H,2-3,5-6,9-11,14H2,1H3;3-8,13,15,23H,9-10,12H2,1-2H3,(H,31,32). The number of aromatic nitrogens is 5. The molecular formula is C51H50N8O9. The Morgan fingerprint density at radius 3 is 1.99 bits per heavy atom. The summed E-state index contributed by atoms with van der Waals surface area (Å²) in [6.07, 6.45) is 6.95. The molecule has 68 heavy (non-hydrogen) atoms. The Labute approximate surface area is 391 Å². The number of hydrogen-bond donors (Lipinski definition) is 2. The lowest BCUT2D eigenvalue weighted by Crippen LogP contribution is -2.33. The molecule has 1 saturated carbocycles. The smallest absolute Gasteiger partial charge is 0.323 e. The van der Waals surface area contributed by atoms with Crippen molar-refractivity contribution in [1.82, 2.24) is 35.1 Å². The normalized spacial score (nSPS) is 20.2. The monoisotopic (exact) mass is 918 g/mol. The number of methoxy groups -OCH3 is 1. The molecule has 3 fully saturated rings. The first-order valence-corrected chi connectivity index (χ1v) is 23.1. The van der Waals surface area contributed by atoms with Crippen LogP contribution >= 0.6 is 0 Å². The molecule has 3 aromatic carbocycles. The van der Waals surface area contributed by atoms with E-state index >= 15 is 0 Å². The summed E-state index contributed by atoms with van der Waals surface area (Å²) in [5.74, 6) is 2.38. The molecule has 2 amide bonds. The zero-order valence-corrected chi connectivity index (χ0v) is 37.9. The van der Waals surface area contributed by atoms with Crippen LogP contribution in [0.25, 0.3) is 45.7 Å². The predicted octanol–water partition coefficient (Wildman–Crippen LogP) is 7.50. The first-order chi connectivity index (χ1) is 33.0. The van der Waals surface area contributed by atoms with Crippen molar-refractivity contribution in [2.24, 2.45) is 11.8 Å². The maximum atomic E-state index is 12.4. The fraction of sp³-hybridized carbons (Fsp3) is 0.392. The highest BCUT2D eigenvalue weighted by Gasteiger charge is 2.48. The van der Waals surface area contributed by atoms with Gasteiger partial charge in [-0.1, -0.05) is 59.6 Å². The van der Waals surface area contributed by atoms with Gasteiger partial charge in [0.25, 0.3) is 11.8 Å². The third-order valence-electron chi connectivity index (χ3n) is 13.8. The highest BCUT2D eigenvalue weighted by Crippen LogP contribution is 2.51. The number of rotatable bonds is 12. The third-order valence-corrected chi connectivity index (χ3v) is 13.8. The minimum absolute atomic E-state index is 0.0133. The van der Waals surface area contributed by atoms with E-state index in [0.29, 0.717) is 72.0 Å². The number of carboxylic acids is 1. The largest absolute Gasteiger partial charge is 0.490 e. The number of nitrogens with zero attached hydrogens (tertiary/aromatic N) is 8. The molecule has 4 unspecified atom stereocenters. The number of likely N-dealkylation sites (tertiary alicyclic amines) is 2. The lowest BCUT2D eigenvalue weighted by atomic mass is 10.0. The highest BCUT2D eigenvalue weighted by molar-refractivity contribution is 5.85. The van der Waals surface area contributed by atoms with Gasteiger partial charge in [-0.3, -0.25) is 14.4 Å². The van der Waals surface area contributed by atoms with Gasteiger partial charge in [-0.15, -0.1) is 0 Å². The summed E-state index contributed by atoms with van der Waals surface area (Å²) in [7, 11) is 1.62. The van der Waals surface area contributed by atoms with Crippen LogP contribution in [0, 0.1) is 23.2 Å². The van der Waals surface area contributed by atoms with E-state index in [-0.39, 0.29) is 60.9 Å². The Bertz CT molecular complexity index is 2970. The van der Waals surface area contributed by atoms with Crippen molar-refractivity contribution in [2.45, 2.75) is 89.3 Å². The number of carbonyl (C=O) groups excluding carboxylic acids is 2. The molecule has 0 spiro atoms. The lowest BCUT2D eigenvalue weighted by molar-refractivity contribution is -0.143. The van der Waals surface area contributed by atoms with E-state index in [0.717, 1.165) is 58.3 Å². The summed E-state index contributed by atoms with van der Waals surface area (Å²) in [4.78, 5) is 53.4. The van der Waals surface area contributed by atoms with Crippen LogP contribution < -0.4 is 9.47 Å². The van der Waals surface area contributed by atoms with Crippen molar-refractivity contribution in [3.63, 3.8) is 0 Å². The summed E-state index contributed by atoms with van der Waals surface area (Å²) in [6, 6.07) is 22.7. The number of β-amino-alcohol motifs (C(OH)–C–C–N with tert-alkyl or cyclic N) is 1. The van der Waals surface area contributed by atoms with Crippen LogP contribution in [-0.2, 0) is 27.2 Å². The van der Waals surface area contributed by atoms with E-state index in [2.05, 4.69) is 32.4 Å². The minimum atomic E-state index is -1.03. The Hall–Kier alpha value is -7.45. The van der Waals surface area contributed by atoms with Gasteiger partial charge in [0.2, 0.25) is 29.3 Å². The van der Waals surface area contributed by atoms with Gasteiger partial charge in [0, 0.05) is 59.3 Å². The van der Waals surface area contributed by atoms with Gasteiger partial charge in [-0.2, -0.15) is 15.2 Å². The quantitative estimate of drug-likeness (QED) is 0.121. The van der Waals surface area contributed by atoms with E-state index in [9.17, 15) is 29.9 Å². The SMILES string of the molecule is CC(C)Oc1ccc(-c2nc(-c3cccc4c3CC3CC(=O)N(CC(=O)O)C43)no2)cc1C#N.COc1cc(-c2nc(-c3cccc4c3CC3CC(=O)N(CCO)C43)no2)cc(C2CCCC2)n1. The molecule has 4 atom stereocenters. The second kappa shape index (κ2) is 18.3. The highest BCUT2D eigenvalue weighted by atomic mass is 16.5. The molecule has 17 heteroatoms. The maximum absolute atomic E-state index is 12.4. The number of aliphatic hydroxyl groups is 1. The van der Waals surface area contributed by atoms with Crippen LogP contribution in [0.15, 0.2) is 75.8 Å². The molecule has 2 N–H and O–H groups in total. The van der Waals surface area contributed by atoms with Crippen molar-refractivity contribution < 1.29 is 43.1 Å². The van der Waals surface area contributed by atoms with E-state index in [1.807, 2.05) is 61.2 Å². The summed E-state index contributed by atoms with van der Waals surface area (Å²) in [5.41, 5.74) is 8.79. The Balaban J connectivity index is 0.000000159. The molecule has 0 radical (unpaired) electrons. The summed E-state index contributed by atoms with van der Waals surface area (Å²) >= 11 is 0. The van der Waals surface area contributed by atoms with Crippen molar-refractivity contribution in [2.75, 3.05) is 26.8 Å². The molecule has 0 bridgehead atoms. The van der Waals surface area contributed by atoms with E-state index in [1.54, 1.807) is 25.3 Å². The molecule has 17 nitrogen and oxygen atoms in total. The van der Waals surface area contributed by atoms with E-state index in [4.69, 9.17) is 23.5 Å². The number of carbonyl (C=O) groups is 3. The van der Waals surface area contributed by atoms with Crippen LogP contribution in [0.2, 0.25) is 0 Å². The molecule has 5 aliphatic rings. The first kappa shape index (κ1) is 44.4. The summed E-state index contributed by atoms with van der Waals surface area (Å²) in [5, 5.41) is 36.7. The number of aliphatic carboxylic acids is 1. The van der Waals surface area contributed by atoms with Gasteiger partial charge < -0.3 is 38.5 Å². The third kappa shape index (κ3) is 8.22. The van der Waals surface area contributed by atoms with Gasteiger partial charge in [0.05, 0.1) is 37.5 Å². The van der Waals surface area contributed by atoms with Crippen molar-refractivity contribution >= 4 is 17.8 Å². The molecule has 3 aliphatic carbocycles. The number of aliphatic hydroxyl groups excluding tert-OH is 1. The van der Waals surface area contributed by atoms with Crippen LogP contribution in [0.5, 0.6) is 11.6 Å². The van der Waals surface area contributed by atoms with Gasteiger partial charge in [0.1, 0.15) is 18.4 Å². The molecule has 6 aromatic rings. The van der Waals surface area contributed by atoms with E-state index in [1.165, 1.54) is 23.3 Å². The van der Waals surface area contributed by atoms with Crippen LogP contribution in [0.3, 0.4) is 0 Å². The lowest BCUT2D eigenvalue weighted by Gasteiger charge is -2.24. The maximum Gasteiger partial charge on any atom is 0.323 e. The Morgan fingerprint density at radius 1 is 0.809 bits per heavy atom. The number of nitriles is 1. The van der Waals surface area contributed by atoms with Crippen molar-refractivity contribution in [3.05, 3.63) is 100 Å². The average Bonchev–Trinajstić information content (AvgIpc) is 4.21. The number of ether oxygens (including phenoxy) is 2. The topological polar surface area (TPSA) is 231 Å². The Morgan fingerprint density at radius 2 is 1.41 bits per heavy atom. The zero-order chi connectivity index (χ0) is 47.2. The van der Waals surface area contributed by atoms with Crippen molar-refractivity contribution in [3.8, 4) is 63.4 Å². The van der Waals surface area contributed by atoms with E-state index < -0.39 is 5.97 Å². The van der Waals surface area contributed by atoms with Crippen LogP contribution in [0.4, 0.5) is 0 Å². The molecule has 3 aromatic heterocycles. The van der Waals surface area contributed by atoms with Gasteiger partial charge in [0.15, 0.2) is 0 Å². The fourth-order valence-corrected chi connectivity index (χ4v) is 11.0.